The molecule has 1 atom stereocenters. The molecule has 18 heavy (non-hydrogen) atoms. The summed E-state index contributed by atoms with van der Waals surface area (Å²) >= 11 is 0. The van der Waals surface area contributed by atoms with Gasteiger partial charge < -0.3 is 10.4 Å². The van der Waals surface area contributed by atoms with E-state index in [0.29, 0.717) is 19.4 Å². The van der Waals surface area contributed by atoms with Crippen molar-refractivity contribution in [3.8, 4) is 0 Å². The quantitative estimate of drug-likeness (QED) is 0.683. The Morgan fingerprint density at radius 1 is 1.56 bits per heavy atom. The van der Waals surface area contributed by atoms with Gasteiger partial charge in [-0.05, 0) is 30.9 Å². The molecule has 1 heterocycles. The van der Waals surface area contributed by atoms with Gasteiger partial charge in [-0.2, -0.15) is 0 Å². The highest BCUT2D eigenvalue weighted by molar-refractivity contribution is 5.69. The largest absolute Gasteiger partial charge is 0.481 e. The molecule has 5 heteroatoms. The molecule has 0 aliphatic rings. The third kappa shape index (κ3) is 4.95. The van der Waals surface area contributed by atoms with Crippen LogP contribution < -0.4 is 5.32 Å². The van der Waals surface area contributed by atoms with Crippen LogP contribution in [0.4, 0.5) is 0 Å². The van der Waals surface area contributed by atoms with Gasteiger partial charge in [-0.3, -0.25) is 14.6 Å². The van der Waals surface area contributed by atoms with Crippen LogP contribution in [0.1, 0.15) is 31.0 Å². The van der Waals surface area contributed by atoms with Gasteiger partial charge in [0.1, 0.15) is 0 Å². The fourth-order valence-corrected chi connectivity index (χ4v) is 1.59. The van der Waals surface area contributed by atoms with E-state index in [1.54, 1.807) is 13.1 Å². The van der Waals surface area contributed by atoms with E-state index in [0.717, 1.165) is 24.1 Å². The van der Waals surface area contributed by atoms with Gasteiger partial charge >= 0.3 is 5.97 Å². The zero-order valence-electron chi connectivity index (χ0n) is 10.4. The molecule has 2 N–H and O–H groups in total. The van der Waals surface area contributed by atoms with E-state index in [-0.39, 0.29) is 5.92 Å². The molecule has 0 saturated carbocycles. The fourth-order valence-electron chi connectivity index (χ4n) is 1.59. The van der Waals surface area contributed by atoms with E-state index in [9.17, 15) is 9.59 Å². The van der Waals surface area contributed by atoms with Crippen LogP contribution in [-0.4, -0.2) is 22.5 Å². The predicted octanol–water partition coefficient (Wildman–Crippen LogP) is 1.37. The second-order valence-electron chi connectivity index (χ2n) is 4.29. The Kier molecular flexibility index (Phi) is 5.84. The number of aromatic nitrogens is 1. The fraction of sp³-hybridized carbons (Fsp3) is 0.462. The van der Waals surface area contributed by atoms with E-state index in [1.807, 2.05) is 12.1 Å². The van der Waals surface area contributed by atoms with Crippen LogP contribution in [-0.2, 0) is 22.6 Å². The molecule has 0 radical (unpaired) electrons. The summed E-state index contributed by atoms with van der Waals surface area (Å²) < 4.78 is 0. The van der Waals surface area contributed by atoms with Gasteiger partial charge in [-0.15, -0.1) is 0 Å². The van der Waals surface area contributed by atoms with Crippen LogP contribution >= 0.6 is 0 Å². The van der Waals surface area contributed by atoms with Crippen molar-refractivity contribution in [2.75, 3.05) is 0 Å². The number of nitrogens with zero attached hydrogens (tertiary/aromatic N) is 1. The topological polar surface area (TPSA) is 79.3 Å². The lowest BCUT2D eigenvalue weighted by molar-refractivity contribution is -0.141. The van der Waals surface area contributed by atoms with E-state index in [2.05, 4.69) is 10.3 Å². The van der Waals surface area contributed by atoms with Crippen molar-refractivity contribution >= 4 is 12.4 Å². The third-order valence-electron chi connectivity index (χ3n) is 2.78. The minimum Gasteiger partial charge on any atom is -0.481 e. The second-order valence-corrected chi connectivity index (χ2v) is 4.29. The summed E-state index contributed by atoms with van der Waals surface area (Å²) in [5, 5.41) is 11.3. The first-order valence-electron chi connectivity index (χ1n) is 5.97. The minimum atomic E-state index is -0.747. The van der Waals surface area contributed by atoms with Crippen LogP contribution in [0.25, 0.3) is 0 Å². The number of rotatable bonds is 8. The van der Waals surface area contributed by atoms with Crippen LogP contribution in [0.3, 0.4) is 0 Å². The Bertz CT molecular complexity index is 390. The highest BCUT2D eigenvalue weighted by atomic mass is 16.4. The molecule has 1 rings (SSSR count). The number of carboxylic acid groups (broad SMARTS) is 1. The van der Waals surface area contributed by atoms with Crippen LogP contribution in [0.2, 0.25) is 0 Å². The molecule has 0 bridgehead atoms. The molecule has 98 valence electrons. The number of nitrogens with one attached hydrogen (secondary N) is 1. The average molecular weight is 250 g/mol. The first-order valence-corrected chi connectivity index (χ1v) is 5.97. The van der Waals surface area contributed by atoms with Gasteiger partial charge in [-0.1, -0.05) is 13.0 Å². The van der Waals surface area contributed by atoms with Crippen molar-refractivity contribution in [3.05, 3.63) is 29.6 Å². The standard InChI is InChI=1S/C13H18N2O3/c1-10(13(17)18)3-2-4-11-5-6-12(15-7-11)8-14-9-16/h5-7,9-10H,2-4,8H2,1H3,(H,14,16)(H,17,18). The van der Waals surface area contributed by atoms with Crippen molar-refractivity contribution < 1.29 is 14.7 Å². The number of amides is 1. The van der Waals surface area contributed by atoms with E-state index in [4.69, 9.17) is 5.11 Å². The maximum absolute atomic E-state index is 10.6. The SMILES string of the molecule is CC(CCCc1ccc(CNC=O)nc1)C(=O)O. The highest BCUT2D eigenvalue weighted by Gasteiger charge is 2.09. The molecule has 0 spiro atoms. The zero-order valence-corrected chi connectivity index (χ0v) is 10.4. The maximum Gasteiger partial charge on any atom is 0.306 e. The van der Waals surface area contributed by atoms with Crippen LogP contribution in [0, 0.1) is 5.92 Å². The Labute approximate surface area is 106 Å². The second kappa shape index (κ2) is 7.42. The Morgan fingerprint density at radius 3 is 2.89 bits per heavy atom. The molecule has 1 unspecified atom stereocenters. The molecule has 0 saturated heterocycles. The first-order chi connectivity index (χ1) is 8.63. The monoisotopic (exact) mass is 250 g/mol. The maximum atomic E-state index is 10.6. The summed E-state index contributed by atoms with van der Waals surface area (Å²) in [5.74, 6) is -1.04. The lowest BCUT2D eigenvalue weighted by atomic mass is 10.0. The van der Waals surface area contributed by atoms with Crippen LogP contribution in [0.15, 0.2) is 18.3 Å². The van der Waals surface area contributed by atoms with Crippen molar-refractivity contribution in [3.63, 3.8) is 0 Å². The van der Waals surface area contributed by atoms with Gasteiger partial charge in [0.25, 0.3) is 0 Å². The predicted molar refractivity (Wildman–Crippen MR) is 66.9 cm³/mol. The number of carbonyl (C=O) groups excluding carboxylic acids is 1. The molecular weight excluding hydrogens is 232 g/mol. The number of carboxylic acids is 1. The lowest BCUT2D eigenvalue weighted by Crippen LogP contribution is -2.11. The van der Waals surface area contributed by atoms with Crippen molar-refractivity contribution in [1.82, 2.24) is 10.3 Å². The molecule has 1 amide bonds. The van der Waals surface area contributed by atoms with Crippen LogP contribution in [0.5, 0.6) is 0 Å². The van der Waals surface area contributed by atoms with Gasteiger partial charge in [0.15, 0.2) is 0 Å². The number of carbonyl (C=O) groups is 2. The van der Waals surface area contributed by atoms with Gasteiger partial charge in [0.2, 0.25) is 6.41 Å². The zero-order chi connectivity index (χ0) is 13.4. The number of aliphatic carboxylic acids is 1. The van der Waals surface area contributed by atoms with E-state index >= 15 is 0 Å². The molecular formula is C13H18N2O3. The minimum absolute atomic E-state index is 0.297. The lowest BCUT2D eigenvalue weighted by Gasteiger charge is -2.06. The van der Waals surface area contributed by atoms with E-state index < -0.39 is 5.97 Å². The molecule has 0 aromatic carbocycles. The number of hydrogen-bond donors (Lipinski definition) is 2. The molecule has 1 aromatic rings. The molecule has 0 aliphatic heterocycles. The van der Waals surface area contributed by atoms with Crippen molar-refractivity contribution in [2.45, 2.75) is 32.7 Å². The highest BCUT2D eigenvalue weighted by Crippen LogP contribution is 2.10. The number of aryl methyl sites for hydroxylation is 1. The van der Waals surface area contributed by atoms with Crippen molar-refractivity contribution in [1.29, 1.82) is 0 Å². The van der Waals surface area contributed by atoms with Gasteiger partial charge in [-0.25, -0.2) is 0 Å². The number of pyridine rings is 1. The molecule has 5 nitrogen and oxygen atoms in total. The first kappa shape index (κ1) is 14.2. The summed E-state index contributed by atoms with van der Waals surface area (Å²) in [7, 11) is 0. The van der Waals surface area contributed by atoms with E-state index in [1.165, 1.54) is 0 Å². The van der Waals surface area contributed by atoms with Crippen molar-refractivity contribution in [2.24, 2.45) is 5.92 Å². The van der Waals surface area contributed by atoms with Gasteiger partial charge in [0, 0.05) is 6.20 Å². The molecule has 1 aromatic heterocycles. The summed E-state index contributed by atoms with van der Waals surface area (Å²) in [5.41, 5.74) is 1.90. The smallest absolute Gasteiger partial charge is 0.306 e. The Balaban J connectivity index is 2.34. The van der Waals surface area contributed by atoms with Gasteiger partial charge in [0.05, 0.1) is 18.2 Å². The normalized spacial score (nSPS) is 11.8. The summed E-state index contributed by atoms with van der Waals surface area (Å²) in [6.07, 6.45) is 4.74. The third-order valence-corrected chi connectivity index (χ3v) is 2.78. The summed E-state index contributed by atoms with van der Waals surface area (Å²) in [6.45, 7) is 2.15. The Hall–Kier alpha value is -1.91. The summed E-state index contributed by atoms with van der Waals surface area (Å²) in [6, 6.07) is 3.83. The summed E-state index contributed by atoms with van der Waals surface area (Å²) in [4.78, 5) is 25.0. The molecule has 0 aliphatic carbocycles. The average Bonchev–Trinajstić information content (AvgIpc) is 2.37. The number of hydrogen-bond acceptors (Lipinski definition) is 3. The Morgan fingerprint density at radius 2 is 2.33 bits per heavy atom. The molecule has 0 fully saturated rings.